The van der Waals surface area contributed by atoms with Crippen molar-refractivity contribution in [2.45, 2.75) is 51.1 Å². The lowest BCUT2D eigenvalue weighted by molar-refractivity contribution is 0.687. The zero-order chi connectivity index (χ0) is 13.8. The van der Waals surface area contributed by atoms with E-state index in [1.165, 1.54) is 44.1 Å². The lowest BCUT2D eigenvalue weighted by atomic mass is 10.1. The first kappa shape index (κ1) is 13.5. The molecule has 0 spiro atoms. The number of hydrogen-bond donors (Lipinski definition) is 1. The van der Waals surface area contributed by atoms with Crippen LogP contribution in [0.25, 0.3) is 0 Å². The molecular formula is C17H23N3. The molecule has 0 atom stereocenters. The molecule has 0 unspecified atom stereocenters. The van der Waals surface area contributed by atoms with Gasteiger partial charge in [-0.2, -0.15) is 5.26 Å². The Hall–Kier alpha value is -1.53. The fourth-order valence-corrected chi connectivity index (χ4v) is 2.92. The molecule has 1 saturated carbocycles. The van der Waals surface area contributed by atoms with E-state index >= 15 is 0 Å². The van der Waals surface area contributed by atoms with Crippen LogP contribution < -0.4 is 10.2 Å². The summed E-state index contributed by atoms with van der Waals surface area (Å²) in [7, 11) is 0. The predicted molar refractivity (Wildman–Crippen MR) is 81.7 cm³/mol. The van der Waals surface area contributed by atoms with E-state index in [1.54, 1.807) is 0 Å². The molecule has 0 bridgehead atoms. The standard InChI is InChI=1S/C17H23N3/c18-12-15-11-14(13-19-16-6-7-16)5-8-17(15)20-9-3-1-2-4-10-20/h5,8,11,16,19H,1-4,6-7,9-10,13H2. The Morgan fingerprint density at radius 1 is 1.15 bits per heavy atom. The summed E-state index contributed by atoms with van der Waals surface area (Å²) in [6.45, 7) is 3.07. The average Bonchev–Trinajstić information content (AvgIpc) is 3.31. The Morgan fingerprint density at radius 2 is 1.90 bits per heavy atom. The maximum atomic E-state index is 9.44. The quantitative estimate of drug-likeness (QED) is 0.912. The van der Waals surface area contributed by atoms with Gasteiger partial charge >= 0.3 is 0 Å². The SMILES string of the molecule is N#Cc1cc(CNC2CC2)ccc1N1CCCCCC1. The highest BCUT2D eigenvalue weighted by atomic mass is 15.1. The summed E-state index contributed by atoms with van der Waals surface area (Å²) in [5, 5.41) is 12.9. The number of anilines is 1. The van der Waals surface area contributed by atoms with Crippen LogP contribution in [0.4, 0.5) is 5.69 Å². The fourth-order valence-electron chi connectivity index (χ4n) is 2.92. The largest absolute Gasteiger partial charge is 0.370 e. The van der Waals surface area contributed by atoms with Gasteiger partial charge in [-0.3, -0.25) is 0 Å². The van der Waals surface area contributed by atoms with Crippen molar-refractivity contribution in [1.82, 2.24) is 5.32 Å². The molecule has 20 heavy (non-hydrogen) atoms. The van der Waals surface area contributed by atoms with Crippen molar-refractivity contribution in [1.29, 1.82) is 5.26 Å². The van der Waals surface area contributed by atoms with E-state index in [9.17, 15) is 5.26 Å². The summed E-state index contributed by atoms with van der Waals surface area (Å²) in [6.07, 6.45) is 7.74. The van der Waals surface area contributed by atoms with Gasteiger partial charge in [-0.25, -0.2) is 0 Å². The van der Waals surface area contributed by atoms with Crippen LogP contribution in [0.1, 0.15) is 49.7 Å². The number of benzene rings is 1. The van der Waals surface area contributed by atoms with Crippen LogP contribution in [0.2, 0.25) is 0 Å². The van der Waals surface area contributed by atoms with Gasteiger partial charge in [-0.15, -0.1) is 0 Å². The van der Waals surface area contributed by atoms with Crippen molar-refractivity contribution >= 4 is 5.69 Å². The summed E-state index contributed by atoms with van der Waals surface area (Å²) < 4.78 is 0. The average molecular weight is 269 g/mol. The molecule has 2 fully saturated rings. The Bertz CT molecular complexity index is 491. The van der Waals surface area contributed by atoms with Crippen LogP contribution >= 0.6 is 0 Å². The summed E-state index contributed by atoms with van der Waals surface area (Å²) in [4.78, 5) is 2.39. The molecule has 1 aromatic rings. The highest BCUT2D eigenvalue weighted by molar-refractivity contribution is 5.60. The molecule has 0 radical (unpaired) electrons. The van der Waals surface area contributed by atoms with Gasteiger partial charge in [0.05, 0.1) is 11.3 Å². The first-order chi connectivity index (χ1) is 9.86. The first-order valence-corrected chi connectivity index (χ1v) is 7.88. The third-order valence-corrected chi connectivity index (χ3v) is 4.30. The first-order valence-electron chi connectivity index (χ1n) is 7.88. The summed E-state index contributed by atoms with van der Waals surface area (Å²) >= 11 is 0. The zero-order valence-corrected chi connectivity index (χ0v) is 12.1. The number of nitriles is 1. The molecule has 3 rings (SSSR count). The second-order valence-electron chi connectivity index (χ2n) is 6.02. The Kier molecular flexibility index (Phi) is 4.22. The second kappa shape index (κ2) is 6.28. The van der Waals surface area contributed by atoms with E-state index in [-0.39, 0.29) is 0 Å². The molecule has 1 aromatic carbocycles. The van der Waals surface area contributed by atoms with Gasteiger partial charge in [0.1, 0.15) is 6.07 Å². The third-order valence-electron chi connectivity index (χ3n) is 4.30. The molecule has 0 aromatic heterocycles. The summed E-state index contributed by atoms with van der Waals surface area (Å²) in [5.41, 5.74) is 3.19. The monoisotopic (exact) mass is 269 g/mol. The molecule has 3 heteroatoms. The molecule has 1 saturated heterocycles. The van der Waals surface area contributed by atoms with Crippen molar-refractivity contribution in [2.24, 2.45) is 0 Å². The molecule has 2 aliphatic rings. The van der Waals surface area contributed by atoms with Crippen LogP contribution in [0.15, 0.2) is 18.2 Å². The van der Waals surface area contributed by atoms with E-state index in [0.717, 1.165) is 30.9 Å². The minimum absolute atomic E-state index is 0.714. The van der Waals surface area contributed by atoms with Gasteiger partial charge in [0, 0.05) is 25.7 Å². The Labute approximate surface area is 121 Å². The number of nitrogens with one attached hydrogen (secondary N) is 1. The van der Waals surface area contributed by atoms with Crippen LogP contribution in [-0.2, 0) is 6.54 Å². The predicted octanol–water partition coefficient (Wildman–Crippen LogP) is 3.19. The highest BCUT2D eigenvalue weighted by Crippen LogP contribution is 2.25. The molecular weight excluding hydrogens is 246 g/mol. The molecule has 1 aliphatic heterocycles. The van der Waals surface area contributed by atoms with Gasteiger partial charge in [0.2, 0.25) is 0 Å². The number of hydrogen-bond acceptors (Lipinski definition) is 3. The maximum absolute atomic E-state index is 9.44. The van der Waals surface area contributed by atoms with Crippen molar-refractivity contribution in [3.63, 3.8) is 0 Å². The third kappa shape index (κ3) is 3.32. The smallest absolute Gasteiger partial charge is 0.101 e. The molecule has 1 N–H and O–H groups in total. The van der Waals surface area contributed by atoms with Crippen LogP contribution in [0.5, 0.6) is 0 Å². The normalized spacial score (nSPS) is 19.4. The molecule has 106 valence electrons. The van der Waals surface area contributed by atoms with E-state index in [1.807, 2.05) is 0 Å². The van der Waals surface area contributed by atoms with E-state index in [4.69, 9.17) is 0 Å². The number of rotatable bonds is 4. The summed E-state index contributed by atoms with van der Waals surface area (Å²) in [6, 6.07) is 9.49. The lowest BCUT2D eigenvalue weighted by Crippen LogP contribution is -2.25. The fraction of sp³-hybridized carbons (Fsp3) is 0.588. The van der Waals surface area contributed by atoms with Crippen molar-refractivity contribution in [3.8, 4) is 6.07 Å². The van der Waals surface area contributed by atoms with Crippen molar-refractivity contribution in [3.05, 3.63) is 29.3 Å². The van der Waals surface area contributed by atoms with E-state index in [2.05, 4.69) is 34.5 Å². The Balaban J connectivity index is 1.74. The minimum Gasteiger partial charge on any atom is -0.370 e. The molecule has 1 heterocycles. The molecule has 1 aliphatic carbocycles. The van der Waals surface area contributed by atoms with Gasteiger partial charge in [0.15, 0.2) is 0 Å². The zero-order valence-electron chi connectivity index (χ0n) is 12.1. The lowest BCUT2D eigenvalue weighted by Gasteiger charge is -2.24. The molecule has 3 nitrogen and oxygen atoms in total. The van der Waals surface area contributed by atoms with E-state index in [0.29, 0.717) is 6.04 Å². The van der Waals surface area contributed by atoms with Gasteiger partial charge in [0.25, 0.3) is 0 Å². The van der Waals surface area contributed by atoms with Crippen LogP contribution in [0.3, 0.4) is 0 Å². The Morgan fingerprint density at radius 3 is 2.55 bits per heavy atom. The summed E-state index contributed by atoms with van der Waals surface area (Å²) in [5.74, 6) is 0. The van der Waals surface area contributed by atoms with Crippen LogP contribution in [-0.4, -0.2) is 19.1 Å². The van der Waals surface area contributed by atoms with Gasteiger partial charge < -0.3 is 10.2 Å². The number of nitrogens with zero attached hydrogens (tertiary/aromatic N) is 2. The van der Waals surface area contributed by atoms with Crippen molar-refractivity contribution < 1.29 is 0 Å². The van der Waals surface area contributed by atoms with Gasteiger partial charge in [-0.05, 0) is 43.4 Å². The van der Waals surface area contributed by atoms with Crippen LogP contribution in [0, 0.1) is 11.3 Å². The van der Waals surface area contributed by atoms with Crippen molar-refractivity contribution in [2.75, 3.05) is 18.0 Å². The maximum Gasteiger partial charge on any atom is 0.101 e. The molecule has 0 amide bonds. The highest BCUT2D eigenvalue weighted by Gasteiger charge is 2.20. The minimum atomic E-state index is 0.714. The topological polar surface area (TPSA) is 39.1 Å². The van der Waals surface area contributed by atoms with E-state index < -0.39 is 0 Å². The second-order valence-corrected chi connectivity index (χ2v) is 6.02. The van der Waals surface area contributed by atoms with Gasteiger partial charge in [-0.1, -0.05) is 18.9 Å².